The first kappa shape index (κ1) is 40.5. The average molecular weight is 735 g/mol. The van der Waals surface area contributed by atoms with E-state index in [0.717, 1.165) is 94.8 Å². The van der Waals surface area contributed by atoms with Crippen LogP contribution in [0.1, 0.15) is 134 Å². The van der Waals surface area contributed by atoms with Crippen LogP contribution in [0.3, 0.4) is 0 Å². The second-order valence-electron chi connectivity index (χ2n) is 14.4. The number of aliphatic hydroxyl groups is 1. The SMILES string of the molecule is CCCCC[C@@H]1[C@H]2CCNC(N)=NCSSCCCCCC[C@H](O)C[C@H](OC(C)=O)CCc3cc(c(O)c(OC4CCCC4)c3)CN1C(=O)C2. The van der Waals surface area contributed by atoms with Crippen LogP contribution < -0.4 is 15.8 Å². The van der Waals surface area contributed by atoms with E-state index in [1.54, 1.807) is 21.6 Å². The minimum atomic E-state index is -0.546. The molecule has 2 aliphatic heterocycles. The molecule has 0 unspecified atom stereocenters. The number of hydrogen-bond acceptors (Lipinski definition) is 11. The lowest BCUT2D eigenvalue weighted by atomic mass is 9.92. The molecule has 1 aromatic rings. The largest absolute Gasteiger partial charge is 0.504 e. The van der Waals surface area contributed by atoms with E-state index < -0.39 is 12.2 Å². The van der Waals surface area contributed by atoms with Gasteiger partial charge >= 0.3 is 5.97 Å². The van der Waals surface area contributed by atoms with Gasteiger partial charge < -0.3 is 35.6 Å². The molecule has 4 rings (SSSR count). The lowest BCUT2D eigenvalue weighted by Crippen LogP contribution is -2.37. The Kier molecular flexibility index (Phi) is 17.7. The lowest BCUT2D eigenvalue weighted by molar-refractivity contribution is -0.148. The van der Waals surface area contributed by atoms with E-state index in [4.69, 9.17) is 15.2 Å². The van der Waals surface area contributed by atoms with Crippen molar-refractivity contribution in [3.8, 4) is 11.5 Å². The normalized spacial score (nSPS) is 25.9. The topological polar surface area (TPSA) is 147 Å². The number of benzene rings is 1. The predicted molar refractivity (Wildman–Crippen MR) is 204 cm³/mol. The second-order valence-corrected chi connectivity index (χ2v) is 16.9. The van der Waals surface area contributed by atoms with Gasteiger partial charge in [0, 0.05) is 50.2 Å². The number of aliphatic imine (C=N–C) groups is 1. The Bertz CT molecular complexity index is 1230. The Labute approximate surface area is 307 Å². The smallest absolute Gasteiger partial charge is 0.302 e. The molecule has 1 saturated carbocycles. The van der Waals surface area contributed by atoms with E-state index in [0.29, 0.717) is 68.3 Å². The highest BCUT2D eigenvalue weighted by Gasteiger charge is 2.39. The number of hydrogen-bond donors (Lipinski definition) is 4. The number of unbranched alkanes of at least 4 members (excludes halogenated alkanes) is 2. The highest BCUT2D eigenvalue weighted by Crippen LogP contribution is 2.39. The summed E-state index contributed by atoms with van der Waals surface area (Å²) in [5, 5.41) is 25.7. The van der Waals surface area contributed by atoms with E-state index >= 15 is 0 Å². The molecule has 0 spiro atoms. The summed E-state index contributed by atoms with van der Waals surface area (Å²) in [6.07, 6.45) is 15.1. The fourth-order valence-electron chi connectivity index (χ4n) is 7.60. The summed E-state index contributed by atoms with van der Waals surface area (Å²) in [6, 6.07) is 3.96. The van der Waals surface area contributed by atoms with Crippen molar-refractivity contribution in [3.63, 3.8) is 0 Å². The molecule has 12 heteroatoms. The van der Waals surface area contributed by atoms with Gasteiger partial charge in [0.25, 0.3) is 0 Å². The van der Waals surface area contributed by atoms with Crippen LogP contribution in [-0.4, -0.2) is 75.5 Å². The molecule has 1 aromatic carbocycles. The number of phenols is 1. The maximum atomic E-state index is 13.7. The van der Waals surface area contributed by atoms with Gasteiger partial charge in [0.1, 0.15) is 6.10 Å². The molecule has 5 N–H and O–H groups in total. The van der Waals surface area contributed by atoms with Gasteiger partial charge in [-0.1, -0.05) is 73.1 Å². The number of rotatable bonds is 7. The number of nitrogens with zero attached hydrogens (tertiary/aromatic N) is 2. The second kappa shape index (κ2) is 21.9. The van der Waals surface area contributed by atoms with Crippen LogP contribution in [0.4, 0.5) is 0 Å². The van der Waals surface area contributed by atoms with E-state index in [1.165, 1.54) is 6.92 Å². The number of carbonyl (C=O) groups excluding carboxylic acids is 2. The van der Waals surface area contributed by atoms with Crippen molar-refractivity contribution in [2.24, 2.45) is 16.6 Å². The van der Waals surface area contributed by atoms with Crippen LogP contribution in [0, 0.1) is 5.92 Å². The van der Waals surface area contributed by atoms with Crippen molar-refractivity contribution in [1.29, 1.82) is 0 Å². The summed E-state index contributed by atoms with van der Waals surface area (Å²) >= 11 is 0. The minimum Gasteiger partial charge on any atom is -0.504 e. The van der Waals surface area contributed by atoms with Crippen molar-refractivity contribution < 1.29 is 29.3 Å². The first-order chi connectivity index (χ1) is 24.2. The van der Waals surface area contributed by atoms with Crippen LogP contribution in [0.25, 0.3) is 0 Å². The summed E-state index contributed by atoms with van der Waals surface area (Å²) in [5.74, 6) is 2.57. The third-order valence-electron chi connectivity index (χ3n) is 10.3. The number of aromatic hydroxyl groups is 1. The van der Waals surface area contributed by atoms with E-state index in [2.05, 4.69) is 17.2 Å². The number of ether oxygens (including phenoxy) is 2. The van der Waals surface area contributed by atoms with E-state index in [9.17, 15) is 19.8 Å². The Morgan fingerprint density at radius 2 is 1.82 bits per heavy atom. The molecule has 10 nitrogen and oxygen atoms in total. The number of nitrogens with one attached hydrogen (secondary N) is 1. The number of aryl methyl sites for hydroxylation is 1. The number of nitrogens with two attached hydrogens (primary N) is 1. The standard InChI is InChI=1S/C38H62N4O6S2/c1-3-4-7-15-34-29-18-19-40-38(39)41-26-50-49-20-11-6-5-8-12-31(44)24-33(47-27(2)43)17-16-28-21-30(25-42(34)36(45)23-29)37(46)35(22-28)48-32-13-9-10-14-32/h21-22,29,31-34,44,46H,3-20,23-26H2,1-2H3,(H3,39,40,41)/t29-,31-,33+,34+/m0/s1. The van der Waals surface area contributed by atoms with Crippen molar-refractivity contribution >= 4 is 39.4 Å². The number of fused-ring (bicyclic) bond motifs is 4. The van der Waals surface area contributed by atoms with Crippen LogP contribution in [0.15, 0.2) is 17.1 Å². The van der Waals surface area contributed by atoms with Crippen molar-refractivity contribution in [1.82, 2.24) is 10.2 Å². The van der Waals surface area contributed by atoms with Gasteiger partial charge in [0.05, 0.1) is 18.1 Å². The molecule has 4 atom stereocenters. The zero-order chi connectivity index (χ0) is 35.7. The molecule has 1 amide bonds. The van der Waals surface area contributed by atoms with Gasteiger partial charge in [-0.3, -0.25) is 9.59 Å². The Morgan fingerprint density at radius 3 is 2.60 bits per heavy atom. The predicted octanol–water partition coefficient (Wildman–Crippen LogP) is 7.22. The molecular formula is C38H62N4O6S2. The number of amides is 1. The van der Waals surface area contributed by atoms with E-state index in [1.807, 2.05) is 17.0 Å². The molecule has 4 bridgehead atoms. The fraction of sp³-hybridized carbons (Fsp3) is 0.763. The number of guanidine groups is 1. The molecule has 0 aromatic heterocycles. The van der Waals surface area contributed by atoms with Crippen LogP contribution >= 0.6 is 21.6 Å². The molecule has 0 radical (unpaired) electrons. The number of esters is 1. The van der Waals surface area contributed by atoms with Gasteiger partial charge in [0.15, 0.2) is 17.5 Å². The fourth-order valence-corrected chi connectivity index (χ4v) is 9.40. The molecule has 1 saturated heterocycles. The highest BCUT2D eigenvalue weighted by atomic mass is 33.1. The summed E-state index contributed by atoms with van der Waals surface area (Å²) in [5.41, 5.74) is 7.83. The summed E-state index contributed by atoms with van der Waals surface area (Å²) < 4.78 is 12.1. The molecular weight excluding hydrogens is 673 g/mol. The Morgan fingerprint density at radius 1 is 1.04 bits per heavy atom. The van der Waals surface area contributed by atoms with Gasteiger partial charge in [-0.2, -0.15) is 0 Å². The summed E-state index contributed by atoms with van der Waals surface area (Å²) in [6.45, 7) is 4.57. The maximum absolute atomic E-state index is 13.7. The third kappa shape index (κ3) is 13.7. The molecule has 282 valence electrons. The summed E-state index contributed by atoms with van der Waals surface area (Å²) in [7, 11) is 3.50. The quantitative estimate of drug-likeness (QED) is 0.129. The van der Waals surface area contributed by atoms with Crippen LogP contribution in [0.5, 0.6) is 11.5 Å². The van der Waals surface area contributed by atoms with Crippen LogP contribution in [0.2, 0.25) is 0 Å². The first-order valence-electron chi connectivity index (χ1n) is 19.2. The molecule has 3 aliphatic rings. The highest BCUT2D eigenvalue weighted by molar-refractivity contribution is 8.76. The van der Waals surface area contributed by atoms with Gasteiger partial charge in [-0.05, 0) is 81.8 Å². The monoisotopic (exact) mass is 734 g/mol. The minimum absolute atomic E-state index is 0.0577. The zero-order valence-electron chi connectivity index (χ0n) is 30.4. The Balaban J connectivity index is 1.59. The van der Waals surface area contributed by atoms with Crippen molar-refractivity contribution in [3.05, 3.63) is 23.3 Å². The van der Waals surface area contributed by atoms with E-state index in [-0.39, 0.29) is 35.7 Å². The number of aliphatic hydroxyl groups excluding tert-OH is 1. The third-order valence-corrected chi connectivity index (χ3v) is 12.5. The molecule has 2 heterocycles. The van der Waals surface area contributed by atoms with Gasteiger partial charge in [0.2, 0.25) is 5.91 Å². The van der Waals surface area contributed by atoms with Crippen molar-refractivity contribution in [2.75, 3.05) is 18.2 Å². The molecule has 1 aliphatic carbocycles. The first-order valence-corrected chi connectivity index (χ1v) is 21.7. The lowest BCUT2D eigenvalue weighted by Gasteiger charge is -2.29. The zero-order valence-corrected chi connectivity index (χ0v) is 32.0. The van der Waals surface area contributed by atoms with Gasteiger partial charge in [-0.25, -0.2) is 4.99 Å². The maximum Gasteiger partial charge on any atom is 0.302 e. The number of phenolic OH excluding ortho intramolecular Hbond substituents is 1. The molecule has 2 fully saturated rings. The van der Waals surface area contributed by atoms with Gasteiger partial charge in [-0.15, -0.1) is 0 Å². The molecule has 50 heavy (non-hydrogen) atoms. The van der Waals surface area contributed by atoms with Crippen molar-refractivity contribution in [2.45, 2.75) is 160 Å². The average Bonchev–Trinajstić information content (AvgIpc) is 3.69. The van der Waals surface area contributed by atoms with Crippen LogP contribution in [-0.2, 0) is 27.3 Å². The number of carbonyl (C=O) groups is 2. The Hall–Kier alpha value is -2.31. The summed E-state index contributed by atoms with van der Waals surface area (Å²) in [4.78, 5) is 32.2.